The Morgan fingerprint density at radius 3 is 2.17 bits per heavy atom. The molecule has 24 heavy (non-hydrogen) atoms. The van der Waals surface area contributed by atoms with Crippen LogP contribution in [0.5, 0.6) is 0 Å². The lowest BCUT2D eigenvalue weighted by molar-refractivity contribution is 0.0187. The van der Waals surface area contributed by atoms with Crippen molar-refractivity contribution >= 4 is 17.6 Å². The van der Waals surface area contributed by atoms with Crippen molar-refractivity contribution in [2.75, 3.05) is 26.2 Å². The number of amides is 1. The lowest BCUT2D eigenvalue weighted by atomic mass is 10.2. The zero-order chi connectivity index (χ0) is 17.7. The van der Waals surface area contributed by atoms with Crippen molar-refractivity contribution in [3.05, 3.63) is 42.5 Å². The van der Waals surface area contributed by atoms with E-state index in [0.717, 1.165) is 30.2 Å². The molecule has 1 aliphatic rings. The number of nitrogens with zero attached hydrogens (tertiary/aromatic N) is 3. The van der Waals surface area contributed by atoms with Gasteiger partial charge in [-0.15, -0.1) is 0 Å². The van der Waals surface area contributed by atoms with E-state index in [-0.39, 0.29) is 6.09 Å². The molecule has 0 radical (unpaired) electrons. The lowest BCUT2D eigenvalue weighted by Gasteiger charge is -2.36. The van der Waals surface area contributed by atoms with Crippen molar-refractivity contribution in [2.24, 2.45) is 4.99 Å². The second-order valence-electron chi connectivity index (χ2n) is 6.93. The summed E-state index contributed by atoms with van der Waals surface area (Å²) in [7, 11) is 0. The van der Waals surface area contributed by atoms with Gasteiger partial charge in [-0.25, -0.2) is 9.79 Å². The molecule has 0 aromatic heterocycles. The fourth-order valence-corrected chi connectivity index (χ4v) is 2.50. The van der Waals surface area contributed by atoms with Crippen LogP contribution in [0.15, 0.2) is 41.9 Å². The molecule has 0 bridgehead atoms. The third kappa shape index (κ3) is 5.11. The van der Waals surface area contributed by atoms with Crippen molar-refractivity contribution in [1.29, 1.82) is 0 Å². The van der Waals surface area contributed by atoms with Gasteiger partial charge in [-0.05, 0) is 33.3 Å². The van der Waals surface area contributed by atoms with Crippen molar-refractivity contribution in [2.45, 2.75) is 33.3 Å². The van der Waals surface area contributed by atoms with Crippen LogP contribution in [0, 0.1) is 0 Å². The van der Waals surface area contributed by atoms with Crippen LogP contribution in [-0.4, -0.2) is 53.5 Å². The highest BCUT2D eigenvalue weighted by Crippen LogP contribution is 2.15. The number of carbonyl (C=O) groups is 1. The number of hydrogen-bond acceptors (Lipinski definition) is 3. The molecule has 5 nitrogen and oxygen atoms in total. The number of ether oxygens (including phenoxy) is 1. The van der Waals surface area contributed by atoms with Crippen molar-refractivity contribution < 1.29 is 9.53 Å². The highest BCUT2D eigenvalue weighted by atomic mass is 16.6. The Hall–Kier alpha value is -2.30. The molecule has 0 N–H and O–H groups in total. The Morgan fingerprint density at radius 2 is 1.62 bits per heavy atom. The summed E-state index contributed by atoms with van der Waals surface area (Å²) in [6.07, 6.45) is -0.245. The number of hydrogen-bond donors (Lipinski definition) is 0. The van der Waals surface area contributed by atoms with Crippen LogP contribution in [0.3, 0.4) is 0 Å². The van der Waals surface area contributed by atoms with Gasteiger partial charge in [-0.1, -0.05) is 36.9 Å². The number of aliphatic imine (C=N–C) groups is 1. The molecule has 1 amide bonds. The number of carbonyl (C=O) groups excluding carboxylic acids is 1. The van der Waals surface area contributed by atoms with E-state index in [9.17, 15) is 4.79 Å². The first-order valence-corrected chi connectivity index (χ1v) is 8.29. The first-order valence-electron chi connectivity index (χ1n) is 8.29. The molecule has 0 atom stereocenters. The molecule has 130 valence electrons. The van der Waals surface area contributed by atoms with Crippen LogP contribution < -0.4 is 0 Å². The summed E-state index contributed by atoms with van der Waals surface area (Å²) in [5.74, 6) is 0.924. The largest absolute Gasteiger partial charge is 0.444 e. The molecular formula is C19H27N3O2. The van der Waals surface area contributed by atoms with E-state index in [1.165, 1.54) is 0 Å². The van der Waals surface area contributed by atoms with Gasteiger partial charge in [0.2, 0.25) is 0 Å². The molecule has 1 aromatic rings. The minimum atomic E-state index is -0.459. The van der Waals surface area contributed by atoms with Crippen LogP contribution in [0.1, 0.15) is 33.3 Å². The predicted molar refractivity (Wildman–Crippen MR) is 98.0 cm³/mol. The summed E-state index contributed by atoms with van der Waals surface area (Å²) < 4.78 is 5.42. The Morgan fingerprint density at radius 1 is 1.08 bits per heavy atom. The Kier molecular flexibility index (Phi) is 5.65. The van der Waals surface area contributed by atoms with E-state index in [0.29, 0.717) is 13.1 Å². The first-order chi connectivity index (χ1) is 11.3. The molecular weight excluding hydrogens is 302 g/mol. The number of piperazine rings is 1. The SMILES string of the molecule is C=C(N=C(C)N1CCN(C(=O)OC(C)(C)C)CC1)c1ccccc1. The fourth-order valence-electron chi connectivity index (χ4n) is 2.50. The lowest BCUT2D eigenvalue weighted by Crippen LogP contribution is -2.51. The summed E-state index contributed by atoms with van der Waals surface area (Å²) >= 11 is 0. The zero-order valence-electron chi connectivity index (χ0n) is 15.1. The molecule has 1 aliphatic heterocycles. The van der Waals surface area contributed by atoms with E-state index < -0.39 is 5.60 Å². The fraction of sp³-hybridized carbons (Fsp3) is 0.474. The molecule has 0 spiro atoms. The summed E-state index contributed by atoms with van der Waals surface area (Å²) in [4.78, 5) is 20.6. The van der Waals surface area contributed by atoms with Crippen LogP contribution in [0.25, 0.3) is 5.70 Å². The van der Waals surface area contributed by atoms with Gasteiger partial charge in [-0.2, -0.15) is 0 Å². The topological polar surface area (TPSA) is 45.1 Å². The van der Waals surface area contributed by atoms with E-state index in [2.05, 4.69) is 16.5 Å². The molecule has 1 heterocycles. The molecule has 0 saturated carbocycles. The van der Waals surface area contributed by atoms with E-state index in [1.54, 1.807) is 4.90 Å². The van der Waals surface area contributed by atoms with Crippen molar-refractivity contribution in [3.63, 3.8) is 0 Å². The van der Waals surface area contributed by atoms with Crippen molar-refractivity contribution in [3.8, 4) is 0 Å². The van der Waals surface area contributed by atoms with Crippen LogP contribution >= 0.6 is 0 Å². The predicted octanol–water partition coefficient (Wildman–Crippen LogP) is 3.63. The van der Waals surface area contributed by atoms with E-state index in [4.69, 9.17) is 4.74 Å². The van der Waals surface area contributed by atoms with Gasteiger partial charge < -0.3 is 14.5 Å². The van der Waals surface area contributed by atoms with E-state index in [1.807, 2.05) is 58.0 Å². The average Bonchev–Trinajstić information content (AvgIpc) is 2.54. The van der Waals surface area contributed by atoms with E-state index >= 15 is 0 Å². The summed E-state index contributed by atoms with van der Waals surface area (Å²) in [5.41, 5.74) is 1.31. The minimum Gasteiger partial charge on any atom is -0.444 e. The average molecular weight is 329 g/mol. The molecule has 0 aliphatic carbocycles. The molecule has 5 heteroatoms. The minimum absolute atomic E-state index is 0.245. The normalized spacial score (nSPS) is 16.1. The van der Waals surface area contributed by atoms with Gasteiger partial charge in [0.05, 0.1) is 5.70 Å². The van der Waals surface area contributed by atoms with Gasteiger partial charge in [0.15, 0.2) is 0 Å². The van der Waals surface area contributed by atoms with Gasteiger partial charge in [-0.3, -0.25) is 0 Å². The molecule has 2 rings (SSSR count). The van der Waals surface area contributed by atoms with Gasteiger partial charge in [0.25, 0.3) is 0 Å². The second kappa shape index (κ2) is 7.51. The first kappa shape index (κ1) is 18.0. The molecule has 1 aromatic carbocycles. The highest BCUT2D eigenvalue weighted by molar-refractivity contribution is 5.86. The second-order valence-corrected chi connectivity index (χ2v) is 6.93. The van der Waals surface area contributed by atoms with Gasteiger partial charge in [0.1, 0.15) is 11.4 Å². The summed E-state index contributed by atoms with van der Waals surface area (Å²) in [6.45, 7) is 14.4. The Bertz CT molecular complexity index is 609. The Labute approximate surface area is 144 Å². The number of amidine groups is 1. The maximum absolute atomic E-state index is 12.1. The van der Waals surface area contributed by atoms with Crippen molar-refractivity contribution in [1.82, 2.24) is 9.80 Å². The summed E-state index contributed by atoms with van der Waals surface area (Å²) in [6, 6.07) is 9.93. The number of rotatable bonds is 2. The Balaban J connectivity index is 1.91. The third-order valence-corrected chi connectivity index (χ3v) is 3.79. The van der Waals surface area contributed by atoms with Gasteiger partial charge >= 0.3 is 6.09 Å². The summed E-state index contributed by atoms with van der Waals surface area (Å²) in [5, 5.41) is 0. The molecule has 0 unspecified atom stereocenters. The smallest absolute Gasteiger partial charge is 0.410 e. The maximum Gasteiger partial charge on any atom is 0.410 e. The quantitative estimate of drug-likeness (QED) is 0.615. The van der Waals surface area contributed by atoms with Gasteiger partial charge in [0, 0.05) is 26.2 Å². The zero-order valence-corrected chi connectivity index (χ0v) is 15.1. The monoisotopic (exact) mass is 329 g/mol. The third-order valence-electron chi connectivity index (χ3n) is 3.79. The van der Waals surface area contributed by atoms with Crippen LogP contribution in [-0.2, 0) is 4.74 Å². The van der Waals surface area contributed by atoms with Crippen LogP contribution in [0.2, 0.25) is 0 Å². The van der Waals surface area contributed by atoms with Crippen LogP contribution in [0.4, 0.5) is 4.79 Å². The maximum atomic E-state index is 12.1. The number of benzene rings is 1. The molecule has 1 fully saturated rings. The standard InChI is InChI=1S/C19H27N3O2/c1-15(17-9-7-6-8-10-17)20-16(2)21-11-13-22(14-12-21)18(23)24-19(3,4)5/h6-10H,1,11-14H2,2-5H3. The molecule has 1 saturated heterocycles. The highest BCUT2D eigenvalue weighted by Gasteiger charge is 2.26.